The standard InChI is InChI=1S/C28H56O5/c1-2-3-4-5-6-7-8-9-10-11-12-13-14-15-16-17-18-19-21-26(27(32)33)28(24-30,25-31)22-20-23-29/h26,29-31H,2-25H2,1H3,(H,32,33)/p-1. The first-order chi connectivity index (χ1) is 16.1. The number of carboxylic acids is 1. The van der Waals surface area contributed by atoms with E-state index in [9.17, 15) is 20.1 Å². The first-order valence-electron chi connectivity index (χ1n) is 14.1. The second kappa shape index (κ2) is 23.1. The molecule has 0 aromatic carbocycles. The Morgan fingerprint density at radius 1 is 0.636 bits per heavy atom. The molecule has 0 aromatic rings. The maximum absolute atomic E-state index is 11.6. The zero-order valence-corrected chi connectivity index (χ0v) is 21.7. The minimum Gasteiger partial charge on any atom is -0.550 e. The largest absolute Gasteiger partial charge is 0.550 e. The average molecular weight is 472 g/mol. The summed E-state index contributed by atoms with van der Waals surface area (Å²) in [6, 6.07) is 0. The predicted octanol–water partition coefficient (Wildman–Crippen LogP) is 5.53. The average Bonchev–Trinajstić information content (AvgIpc) is 2.82. The molecule has 0 bridgehead atoms. The second-order valence-electron chi connectivity index (χ2n) is 10.2. The van der Waals surface area contributed by atoms with E-state index in [0.717, 1.165) is 19.3 Å². The number of hydrogen-bond donors (Lipinski definition) is 3. The molecule has 0 aliphatic heterocycles. The van der Waals surface area contributed by atoms with E-state index in [1.807, 2.05) is 0 Å². The number of rotatable bonds is 26. The summed E-state index contributed by atoms with van der Waals surface area (Å²) in [5.41, 5.74) is -1.10. The molecule has 1 unspecified atom stereocenters. The van der Waals surface area contributed by atoms with Gasteiger partial charge in [0.15, 0.2) is 0 Å². The van der Waals surface area contributed by atoms with Crippen LogP contribution in [0.2, 0.25) is 0 Å². The highest BCUT2D eigenvalue weighted by molar-refractivity contribution is 5.68. The quantitative estimate of drug-likeness (QED) is 0.144. The van der Waals surface area contributed by atoms with Crippen molar-refractivity contribution in [1.29, 1.82) is 0 Å². The van der Waals surface area contributed by atoms with Crippen molar-refractivity contribution in [2.24, 2.45) is 11.3 Å². The third-order valence-electron chi connectivity index (χ3n) is 7.33. The van der Waals surface area contributed by atoms with E-state index >= 15 is 0 Å². The van der Waals surface area contributed by atoms with Crippen LogP contribution in [0.1, 0.15) is 142 Å². The minimum absolute atomic E-state index is 0.0826. The molecule has 33 heavy (non-hydrogen) atoms. The van der Waals surface area contributed by atoms with Gasteiger partial charge in [-0.3, -0.25) is 0 Å². The van der Waals surface area contributed by atoms with E-state index in [4.69, 9.17) is 5.11 Å². The third kappa shape index (κ3) is 16.6. The molecule has 0 aliphatic carbocycles. The minimum atomic E-state index is -1.21. The Morgan fingerprint density at radius 3 is 1.30 bits per heavy atom. The van der Waals surface area contributed by atoms with Gasteiger partial charge >= 0.3 is 0 Å². The van der Waals surface area contributed by atoms with Crippen LogP contribution in [-0.4, -0.2) is 41.1 Å². The van der Waals surface area contributed by atoms with Crippen molar-refractivity contribution in [1.82, 2.24) is 0 Å². The van der Waals surface area contributed by atoms with Gasteiger partial charge in [-0.2, -0.15) is 0 Å². The summed E-state index contributed by atoms with van der Waals surface area (Å²) in [6.07, 6.45) is 24.2. The van der Waals surface area contributed by atoms with Crippen LogP contribution in [0.25, 0.3) is 0 Å². The van der Waals surface area contributed by atoms with Crippen molar-refractivity contribution in [2.75, 3.05) is 19.8 Å². The first kappa shape index (κ1) is 32.4. The molecule has 0 radical (unpaired) electrons. The van der Waals surface area contributed by atoms with Crippen LogP contribution >= 0.6 is 0 Å². The first-order valence-corrected chi connectivity index (χ1v) is 14.1. The maximum Gasteiger partial charge on any atom is 0.0515 e. The number of unbranched alkanes of at least 4 members (excludes halogenated alkanes) is 17. The Labute approximate surface area is 204 Å². The van der Waals surface area contributed by atoms with Gasteiger partial charge in [0.2, 0.25) is 0 Å². The molecule has 198 valence electrons. The molecule has 0 saturated carbocycles. The Bertz CT molecular complexity index is 423. The molecule has 0 aliphatic rings. The van der Waals surface area contributed by atoms with Crippen LogP contribution in [0.4, 0.5) is 0 Å². The molecule has 3 N–H and O–H groups in total. The molecular weight excluding hydrogens is 416 g/mol. The SMILES string of the molecule is CCCCCCCCCCCCCCCCCCCCC(C(=O)[O-])C(CO)(CO)CCCO. The van der Waals surface area contributed by atoms with E-state index in [2.05, 4.69) is 6.92 Å². The van der Waals surface area contributed by atoms with Crippen molar-refractivity contribution in [2.45, 2.75) is 142 Å². The summed E-state index contributed by atoms with van der Waals surface area (Å²) in [4.78, 5) is 11.6. The van der Waals surface area contributed by atoms with Crippen molar-refractivity contribution in [3.8, 4) is 0 Å². The summed E-state index contributed by atoms with van der Waals surface area (Å²) in [7, 11) is 0. The van der Waals surface area contributed by atoms with Crippen LogP contribution in [0.3, 0.4) is 0 Å². The number of carboxylic acid groups (broad SMARTS) is 1. The number of hydrogen-bond acceptors (Lipinski definition) is 5. The fourth-order valence-electron chi connectivity index (χ4n) is 4.96. The van der Waals surface area contributed by atoms with Crippen molar-refractivity contribution in [3.05, 3.63) is 0 Å². The molecule has 1 atom stereocenters. The Kier molecular flexibility index (Phi) is 22.7. The van der Waals surface area contributed by atoms with Crippen LogP contribution < -0.4 is 5.11 Å². The van der Waals surface area contributed by atoms with Gasteiger partial charge in [0.25, 0.3) is 0 Å². The van der Waals surface area contributed by atoms with E-state index in [-0.39, 0.29) is 13.0 Å². The lowest BCUT2D eigenvalue weighted by atomic mass is 9.71. The fourth-order valence-corrected chi connectivity index (χ4v) is 4.96. The number of aliphatic hydroxyl groups is 3. The van der Waals surface area contributed by atoms with Gasteiger partial charge in [-0.1, -0.05) is 122 Å². The lowest BCUT2D eigenvalue weighted by molar-refractivity contribution is -0.317. The van der Waals surface area contributed by atoms with Crippen LogP contribution in [0, 0.1) is 11.3 Å². The molecule has 0 spiro atoms. The van der Waals surface area contributed by atoms with Gasteiger partial charge < -0.3 is 25.2 Å². The number of aliphatic carboxylic acids is 1. The van der Waals surface area contributed by atoms with E-state index < -0.39 is 30.5 Å². The molecule has 0 aromatic heterocycles. The van der Waals surface area contributed by atoms with Crippen molar-refractivity contribution >= 4 is 5.97 Å². The second-order valence-corrected chi connectivity index (χ2v) is 10.2. The third-order valence-corrected chi connectivity index (χ3v) is 7.33. The Hall–Kier alpha value is -0.650. The number of carbonyl (C=O) groups is 1. The smallest absolute Gasteiger partial charge is 0.0515 e. The number of aliphatic hydroxyl groups excluding tert-OH is 3. The molecule has 0 fully saturated rings. The molecule has 5 nitrogen and oxygen atoms in total. The highest BCUT2D eigenvalue weighted by atomic mass is 16.4. The summed E-state index contributed by atoms with van der Waals surface area (Å²) in [6.45, 7) is 1.38. The van der Waals surface area contributed by atoms with Gasteiger partial charge in [0, 0.05) is 23.9 Å². The Morgan fingerprint density at radius 2 is 1.00 bits per heavy atom. The molecule has 5 heteroatoms. The van der Waals surface area contributed by atoms with Crippen molar-refractivity contribution < 1.29 is 25.2 Å². The zero-order valence-electron chi connectivity index (χ0n) is 21.7. The molecule has 0 heterocycles. The van der Waals surface area contributed by atoms with Crippen LogP contribution in [0.5, 0.6) is 0 Å². The lowest BCUT2D eigenvalue weighted by Crippen LogP contribution is -2.47. The molecule has 0 saturated heterocycles. The zero-order chi connectivity index (χ0) is 24.6. The fraction of sp³-hybridized carbons (Fsp3) is 0.964. The van der Waals surface area contributed by atoms with Gasteiger partial charge in [-0.15, -0.1) is 0 Å². The predicted molar refractivity (Wildman–Crippen MR) is 135 cm³/mol. The summed E-state index contributed by atoms with van der Waals surface area (Å²) < 4.78 is 0. The van der Waals surface area contributed by atoms with E-state index in [1.165, 1.54) is 96.3 Å². The van der Waals surface area contributed by atoms with E-state index in [1.54, 1.807) is 0 Å². The lowest BCUT2D eigenvalue weighted by Gasteiger charge is -2.39. The van der Waals surface area contributed by atoms with Gasteiger partial charge in [0.1, 0.15) is 0 Å². The van der Waals surface area contributed by atoms with Crippen molar-refractivity contribution in [3.63, 3.8) is 0 Å². The monoisotopic (exact) mass is 471 g/mol. The topological polar surface area (TPSA) is 101 Å². The van der Waals surface area contributed by atoms with Crippen LogP contribution in [0.15, 0.2) is 0 Å². The maximum atomic E-state index is 11.6. The summed E-state index contributed by atoms with van der Waals surface area (Å²) >= 11 is 0. The Balaban J connectivity index is 3.67. The highest BCUT2D eigenvalue weighted by Crippen LogP contribution is 2.35. The van der Waals surface area contributed by atoms with Crippen LogP contribution in [-0.2, 0) is 4.79 Å². The van der Waals surface area contributed by atoms with E-state index in [0.29, 0.717) is 12.8 Å². The molecule has 0 rings (SSSR count). The summed E-state index contributed by atoms with van der Waals surface area (Å²) in [5.74, 6) is -2.08. The molecule has 0 amide bonds. The molecular formula is C28H55O5-. The van der Waals surface area contributed by atoms with Gasteiger partial charge in [-0.25, -0.2) is 0 Å². The highest BCUT2D eigenvalue weighted by Gasteiger charge is 2.37. The normalized spacial score (nSPS) is 12.8. The number of carbonyl (C=O) groups excluding carboxylic acids is 1. The van der Waals surface area contributed by atoms with Gasteiger partial charge in [-0.05, 0) is 19.3 Å². The summed E-state index contributed by atoms with van der Waals surface area (Å²) in [5, 5.41) is 40.2. The van der Waals surface area contributed by atoms with Gasteiger partial charge in [0.05, 0.1) is 13.2 Å².